The molecule has 1 aromatic carbocycles. The third-order valence-corrected chi connectivity index (χ3v) is 5.85. The van der Waals surface area contributed by atoms with Gasteiger partial charge in [-0.2, -0.15) is 0 Å². The Morgan fingerprint density at radius 1 is 1.12 bits per heavy atom. The quantitative estimate of drug-likeness (QED) is 0.845. The first-order valence-electron chi connectivity index (χ1n) is 9.41. The molecule has 2 fully saturated rings. The summed E-state index contributed by atoms with van der Waals surface area (Å²) >= 11 is 0. The lowest BCUT2D eigenvalue weighted by molar-refractivity contribution is 0.122. The Hall–Kier alpha value is -2.05. The summed E-state index contributed by atoms with van der Waals surface area (Å²) in [6.45, 7) is 6.20. The van der Waals surface area contributed by atoms with Crippen molar-refractivity contribution in [3.63, 3.8) is 0 Å². The van der Waals surface area contributed by atoms with Crippen molar-refractivity contribution in [2.75, 3.05) is 44.3 Å². The summed E-state index contributed by atoms with van der Waals surface area (Å²) in [6, 6.07) is 6.86. The monoisotopic (exact) mass is 354 g/mol. The molecule has 2 aromatic rings. The third kappa shape index (κ3) is 2.97. The average molecular weight is 354 g/mol. The molecule has 26 heavy (non-hydrogen) atoms. The molecule has 0 saturated carbocycles. The predicted molar refractivity (Wildman–Crippen MR) is 96.7 cm³/mol. The molecule has 136 valence electrons. The van der Waals surface area contributed by atoms with Crippen LogP contribution in [0, 0.1) is 11.7 Å². The number of anilines is 1. The van der Waals surface area contributed by atoms with E-state index in [0.29, 0.717) is 11.8 Å². The summed E-state index contributed by atoms with van der Waals surface area (Å²) in [6.07, 6.45) is 3.11. The summed E-state index contributed by atoms with van der Waals surface area (Å²) in [5, 5.41) is 0. The first kappa shape index (κ1) is 16.1. The molecule has 2 saturated heterocycles. The van der Waals surface area contributed by atoms with Gasteiger partial charge in [-0.15, -0.1) is 0 Å². The van der Waals surface area contributed by atoms with E-state index in [-0.39, 0.29) is 5.82 Å². The van der Waals surface area contributed by atoms with E-state index >= 15 is 0 Å². The van der Waals surface area contributed by atoms with E-state index < -0.39 is 0 Å². The van der Waals surface area contributed by atoms with Crippen molar-refractivity contribution in [1.82, 2.24) is 14.9 Å². The average Bonchev–Trinajstić information content (AvgIpc) is 3.21. The number of likely N-dealkylation sites (tertiary alicyclic amines) is 1. The van der Waals surface area contributed by atoms with Gasteiger partial charge in [0.05, 0.1) is 18.9 Å². The molecular weight excluding hydrogens is 331 g/mol. The number of halogens is 1. The van der Waals surface area contributed by atoms with E-state index in [9.17, 15) is 4.39 Å². The van der Waals surface area contributed by atoms with Gasteiger partial charge in [-0.1, -0.05) is 12.1 Å². The molecule has 5 nitrogen and oxygen atoms in total. The maximum Gasteiger partial charge on any atom is 0.225 e. The number of morpholine rings is 1. The Bertz CT molecular complexity index is 791. The van der Waals surface area contributed by atoms with Gasteiger partial charge in [-0.05, 0) is 35.6 Å². The normalized spacial score (nSPS) is 25.3. The van der Waals surface area contributed by atoms with Gasteiger partial charge < -0.3 is 9.64 Å². The fourth-order valence-corrected chi connectivity index (χ4v) is 4.54. The second-order valence-corrected chi connectivity index (χ2v) is 7.57. The summed E-state index contributed by atoms with van der Waals surface area (Å²) in [4.78, 5) is 14.3. The van der Waals surface area contributed by atoms with Crippen LogP contribution in [0.5, 0.6) is 0 Å². The SMILES string of the molecule is Fc1ccc(CN2C[C@@H]3Cc4cnc(N5CCOCC5)nc4[C@@H]3C2)cc1. The maximum absolute atomic E-state index is 13.1. The van der Waals surface area contributed by atoms with Gasteiger partial charge in [0.15, 0.2) is 0 Å². The Kier molecular flexibility index (Phi) is 4.10. The van der Waals surface area contributed by atoms with Crippen LogP contribution in [0.15, 0.2) is 30.5 Å². The van der Waals surface area contributed by atoms with E-state index in [0.717, 1.165) is 58.3 Å². The van der Waals surface area contributed by atoms with Gasteiger partial charge in [-0.25, -0.2) is 14.4 Å². The maximum atomic E-state index is 13.1. The van der Waals surface area contributed by atoms with Crippen LogP contribution >= 0.6 is 0 Å². The molecule has 1 aliphatic carbocycles. The first-order chi connectivity index (χ1) is 12.8. The highest BCUT2D eigenvalue weighted by molar-refractivity contribution is 5.39. The molecule has 0 bridgehead atoms. The van der Waals surface area contributed by atoms with E-state index in [2.05, 4.69) is 14.8 Å². The number of benzene rings is 1. The Morgan fingerprint density at radius 2 is 1.92 bits per heavy atom. The van der Waals surface area contributed by atoms with E-state index in [1.54, 1.807) is 12.1 Å². The lowest BCUT2D eigenvalue weighted by Gasteiger charge is -2.27. The van der Waals surface area contributed by atoms with Crippen molar-refractivity contribution in [3.8, 4) is 0 Å². The number of hydrogen-bond donors (Lipinski definition) is 0. The lowest BCUT2D eigenvalue weighted by atomic mass is 9.99. The summed E-state index contributed by atoms with van der Waals surface area (Å²) in [5.74, 6) is 1.80. The highest BCUT2D eigenvalue weighted by atomic mass is 19.1. The Labute approximate surface area is 152 Å². The second kappa shape index (κ2) is 6.59. The lowest BCUT2D eigenvalue weighted by Crippen LogP contribution is -2.37. The second-order valence-electron chi connectivity index (χ2n) is 7.57. The Morgan fingerprint density at radius 3 is 2.73 bits per heavy atom. The van der Waals surface area contributed by atoms with Gasteiger partial charge in [0, 0.05) is 44.8 Å². The van der Waals surface area contributed by atoms with Gasteiger partial charge in [0.1, 0.15) is 5.82 Å². The molecule has 5 rings (SSSR count). The standard InChI is InChI=1S/C20H23FN4O/c21-17-3-1-14(2-4-17)11-24-12-16-9-15-10-22-20(23-19(15)18(16)13-24)25-5-7-26-8-6-25/h1-4,10,16,18H,5-9,11-13H2/t16-,18+/m0/s1. The van der Waals surface area contributed by atoms with Crippen molar-refractivity contribution in [2.45, 2.75) is 18.9 Å². The molecule has 0 unspecified atom stereocenters. The zero-order valence-corrected chi connectivity index (χ0v) is 14.8. The minimum atomic E-state index is -0.173. The summed E-state index contributed by atoms with van der Waals surface area (Å²) in [5.41, 5.74) is 3.73. The number of hydrogen-bond acceptors (Lipinski definition) is 5. The van der Waals surface area contributed by atoms with Crippen molar-refractivity contribution in [3.05, 3.63) is 53.1 Å². The minimum absolute atomic E-state index is 0.173. The van der Waals surface area contributed by atoms with E-state index in [1.807, 2.05) is 18.3 Å². The smallest absolute Gasteiger partial charge is 0.225 e. The van der Waals surface area contributed by atoms with Crippen molar-refractivity contribution in [1.29, 1.82) is 0 Å². The molecule has 0 amide bonds. The molecule has 0 radical (unpaired) electrons. The largest absolute Gasteiger partial charge is 0.378 e. The molecule has 1 aromatic heterocycles. The zero-order chi connectivity index (χ0) is 17.5. The minimum Gasteiger partial charge on any atom is -0.378 e. The van der Waals surface area contributed by atoms with Crippen LogP contribution in [0.25, 0.3) is 0 Å². The van der Waals surface area contributed by atoms with E-state index in [1.165, 1.54) is 16.8 Å². The van der Waals surface area contributed by atoms with Gasteiger partial charge >= 0.3 is 0 Å². The number of nitrogens with zero attached hydrogens (tertiary/aromatic N) is 4. The molecular formula is C20H23FN4O. The molecule has 0 N–H and O–H groups in total. The number of rotatable bonds is 3. The van der Waals surface area contributed by atoms with Crippen LogP contribution in [-0.2, 0) is 17.7 Å². The van der Waals surface area contributed by atoms with Crippen molar-refractivity contribution >= 4 is 5.95 Å². The topological polar surface area (TPSA) is 41.5 Å². The van der Waals surface area contributed by atoms with E-state index in [4.69, 9.17) is 9.72 Å². The molecule has 3 aliphatic rings. The highest BCUT2D eigenvalue weighted by Gasteiger charge is 2.41. The molecule has 0 spiro atoms. The Balaban J connectivity index is 1.31. The van der Waals surface area contributed by atoms with Gasteiger partial charge in [0.2, 0.25) is 5.95 Å². The number of aromatic nitrogens is 2. The summed E-state index contributed by atoms with van der Waals surface area (Å²) < 4.78 is 18.5. The van der Waals surface area contributed by atoms with Gasteiger partial charge in [-0.3, -0.25) is 4.90 Å². The van der Waals surface area contributed by atoms with Gasteiger partial charge in [0.25, 0.3) is 0 Å². The number of fused-ring (bicyclic) bond motifs is 3. The van der Waals surface area contributed by atoms with Crippen molar-refractivity contribution < 1.29 is 9.13 Å². The summed E-state index contributed by atoms with van der Waals surface area (Å²) in [7, 11) is 0. The molecule has 2 aliphatic heterocycles. The highest BCUT2D eigenvalue weighted by Crippen LogP contribution is 2.42. The van der Waals surface area contributed by atoms with Crippen molar-refractivity contribution in [2.24, 2.45) is 5.92 Å². The molecule has 6 heteroatoms. The fourth-order valence-electron chi connectivity index (χ4n) is 4.54. The van der Waals surface area contributed by atoms with Crippen LogP contribution in [0.2, 0.25) is 0 Å². The van der Waals surface area contributed by atoms with Crippen LogP contribution in [0.4, 0.5) is 10.3 Å². The van der Waals surface area contributed by atoms with Crippen LogP contribution in [0.1, 0.15) is 22.7 Å². The third-order valence-electron chi connectivity index (χ3n) is 5.85. The number of ether oxygens (including phenoxy) is 1. The zero-order valence-electron chi connectivity index (χ0n) is 14.8. The molecule has 3 heterocycles. The van der Waals surface area contributed by atoms with Crippen LogP contribution in [-0.4, -0.2) is 54.3 Å². The fraction of sp³-hybridized carbons (Fsp3) is 0.500. The predicted octanol–water partition coefficient (Wildman–Crippen LogP) is 2.22. The van der Waals surface area contributed by atoms with Crippen LogP contribution < -0.4 is 4.90 Å². The first-order valence-corrected chi connectivity index (χ1v) is 9.41. The molecule has 2 atom stereocenters. The van der Waals surface area contributed by atoms with Crippen LogP contribution in [0.3, 0.4) is 0 Å².